The quantitative estimate of drug-likeness (QED) is 0.415. The van der Waals surface area contributed by atoms with Crippen LogP contribution in [0.5, 0.6) is 0 Å². The second-order valence-electron chi connectivity index (χ2n) is 1.56. The van der Waals surface area contributed by atoms with E-state index in [0.717, 1.165) is 12.2 Å². The molecule has 0 radical (unpaired) electrons. The van der Waals surface area contributed by atoms with E-state index >= 15 is 0 Å². The molecule has 1 aliphatic rings. The summed E-state index contributed by atoms with van der Waals surface area (Å²) in [6.07, 6.45) is 2.89. The molecule has 0 saturated heterocycles. The highest BCUT2D eigenvalue weighted by molar-refractivity contribution is 14.1. The molecular formula is C5H8INO. The third kappa shape index (κ3) is 1.27. The van der Waals surface area contributed by atoms with E-state index in [1.54, 1.807) is 0 Å². The minimum atomic E-state index is 0.155. The van der Waals surface area contributed by atoms with Crippen molar-refractivity contribution >= 4 is 22.6 Å². The lowest BCUT2D eigenvalue weighted by molar-refractivity contribution is 0.209. The van der Waals surface area contributed by atoms with Crippen molar-refractivity contribution < 1.29 is 4.74 Å². The van der Waals surface area contributed by atoms with Crippen LogP contribution in [0.2, 0.25) is 0 Å². The van der Waals surface area contributed by atoms with Crippen LogP contribution in [0.25, 0.3) is 0 Å². The zero-order chi connectivity index (χ0) is 5.98. The average molecular weight is 225 g/mol. The van der Waals surface area contributed by atoms with Gasteiger partial charge in [-0.2, -0.15) is 0 Å². The number of hydrogen-bond acceptors (Lipinski definition) is 2. The van der Waals surface area contributed by atoms with Crippen LogP contribution in [-0.2, 0) is 4.74 Å². The van der Waals surface area contributed by atoms with Crippen LogP contribution in [-0.4, -0.2) is 4.23 Å². The first-order valence-electron chi connectivity index (χ1n) is 2.58. The summed E-state index contributed by atoms with van der Waals surface area (Å²) >= 11 is 2.19. The fourth-order valence-electron chi connectivity index (χ4n) is 0.545. The maximum absolute atomic E-state index is 5.25. The highest BCUT2D eigenvalue weighted by Crippen LogP contribution is 2.14. The maximum Gasteiger partial charge on any atom is 0.221 e. The molecule has 3 heteroatoms. The highest BCUT2D eigenvalue weighted by atomic mass is 127. The van der Waals surface area contributed by atoms with Gasteiger partial charge in [-0.05, 0) is 22.6 Å². The molecule has 0 aliphatic carbocycles. The van der Waals surface area contributed by atoms with Crippen LogP contribution in [0.15, 0.2) is 12.0 Å². The van der Waals surface area contributed by atoms with Gasteiger partial charge in [0.15, 0.2) is 0 Å². The summed E-state index contributed by atoms with van der Waals surface area (Å²) in [5.41, 5.74) is 0. The number of nitrogens with one attached hydrogen (secondary N) is 1. The Morgan fingerprint density at radius 1 is 2.00 bits per heavy atom. The Hall–Kier alpha value is 0.0700. The first kappa shape index (κ1) is 6.19. The Morgan fingerprint density at radius 2 is 2.75 bits per heavy atom. The molecule has 2 nitrogen and oxygen atoms in total. The van der Waals surface area contributed by atoms with Gasteiger partial charge < -0.3 is 10.1 Å². The second kappa shape index (κ2) is 2.57. The Balaban J connectivity index is 2.37. The Labute approximate surface area is 62.4 Å². The van der Waals surface area contributed by atoms with Crippen LogP contribution in [0, 0.1) is 0 Å². The molecule has 0 spiro atoms. The van der Waals surface area contributed by atoms with Gasteiger partial charge in [0, 0.05) is 12.6 Å². The summed E-state index contributed by atoms with van der Waals surface area (Å²) in [5.74, 6) is 1.05. The average Bonchev–Trinajstić information content (AvgIpc) is 2.14. The normalized spacial score (nSPS) is 26.2. The van der Waals surface area contributed by atoms with Crippen LogP contribution in [0.3, 0.4) is 0 Å². The highest BCUT2D eigenvalue weighted by Gasteiger charge is 2.09. The van der Waals surface area contributed by atoms with Gasteiger partial charge >= 0.3 is 0 Å². The third-order valence-corrected chi connectivity index (χ3v) is 1.59. The molecular weight excluding hydrogens is 217 g/mol. The lowest BCUT2D eigenvalue weighted by Gasteiger charge is -2.02. The summed E-state index contributed by atoms with van der Waals surface area (Å²) < 4.78 is 5.40. The summed E-state index contributed by atoms with van der Waals surface area (Å²) in [5, 5.41) is 3.02. The second-order valence-corrected chi connectivity index (χ2v) is 2.70. The predicted octanol–water partition coefficient (Wildman–Crippen LogP) is 1.58. The van der Waals surface area contributed by atoms with Crippen molar-refractivity contribution in [3.8, 4) is 0 Å². The molecule has 1 aliphatic heterocycles. The van der Waals surface area contributed by atoms with Crippen LogP contribution in [0.4, 0.5) is 0 Å². The molecule has 46 valence electrons. The van der Waals surface area contributed by atoms with Gasteiger partial charge in [0.05, 0.1) is 0 Å². The molecule has 0 bridgehead atoms. The van der Waals surface area contributed by atoms with E-state index in [2.05, 4.69) is 34.8 Å². The van der Waals surface area contributed by atoms with Gasteiger partial charge in [0.25, 0.3) is 0 Å². The Bertz CT molecular complexity index is 113. The van der Waals surface area contributed by atoms with E-state index in [4.69, 9.17) is 4.74 Å². The summed E-state index contributed by atoms with van der Waals surface area (Å²) in [6.45, 7) is 2.07. The van der Waals surface area contributed by atoms with Crippen molar-refractivity contribution in [2.75, 3.05) is 0 Å². The van der Waals surface area contributed by atoms with E-state index in [0.29, 0.717) is 0 Å². The van der Waals surface area contributed by atoms with Crippen LogP contribution in [0.1, 0.15) is 13.3 Å². The van der Waals surface area contributed by atoms with E-state index in [1.807, 2.05) is 6.20 Å². The lowest BCUT2D eigenvalue weighted by Crippen LogP contribution is -2.11. The summed E-state index contributed by atoms with van der Waals surface area (Å²) in [6, 6.07) is 0. The number of hydrogen-bond donors (Lipinski definition) is 1. The largest absolute Gasteiger partial charge is 0.465 e. The Kier molecular flexibility index (Phi) is 1.99. The smallest absolute Gasteiger partial charge is 0.221 e. The maximum atomic E-state index is 5.25. The van der Waals surface area contributed by atoms with Crippen molar-refractivity contribution in [1.29, 1.82) is 0 Å². The number of ether oxygens (including phenoxy) is 1. The summed E-state index contributed by atoms with van der Waals surface area (Å²) in [7, 11) is 0. The lowest BCUT2D eigenvalue weighted by atomic mass is 10.4. The van der Waals surface area contributed by atoms with Gasteiger partial charge in [-0.25, -0.2) is 0 Å². The molecule has 1 rings (SSSR count). The molecule has 0 fully saturated rings. The Morgan fingerprint density at radius 3 is 3.00 bits per heavy atom. The number of alkyl halides is 1. The van der Waals surface area contributed by atoms with Gasteiger partial charge in [-0.1, -0.05) is 6.92 Å². The molecule has 8 heavy (non-hydrogen) atoms. The van der Waals surface area contributed by atoms with Crippen molar-refractivity contribution in [3.05, 3.63) is 12.0 Å². The number of allylic oxidation sites excluding steroid dienone is 1. The first-order chi connectivity index (χ1) is 3.83. The fourth-order valence-corrected chi connectivity index (χ4v) is 1.05. The van der Waals surface area contributed by atoms with E-state index < -0.39 is 0 Å². The van der Waals surface area contributed by atoms with Crippen molar-refractivity contribution in [3.63, 3.8) is 0 Å². The minimum Gasteiger partial charge on any atom is -0.465 e. The molecule has 1 unspecified atom stereocenters. The molecule has 0 aromatic carbocycles. The molecule has 1 heterocycles. The monoisotopic (exact) mass is 225 g/mol. The molecule has 0 aromatic heterocycles. The van der Waals surface area contributed by atoms with E-state index in [-0.39, 0.29) is 4.23 Å². The van der Waals surface area contributed by atoms with Gasteiger partial charge in [-0.3, -0.25) is 0 Å². The van der Waals surface area contributed by atoms with Gasteiger partial charge in [0.2, 0.25) is 4.23 Å². The van der Waals surface area contributed by atoms with Gasteiger partial charge in [0.1, 0.15) is 5.76 Å². The fraction of sp³-hybridized carbons (Fsp3) is 0.600. The van der Waals surface area contributed by atoms with Gasteiger partial charge in [-0.15, -0.1) is 0 Å². The van der Waals surface area contributed by atoms with Crippen LogP contribution < -0.4 is 5.32 Å². The number of rotatable bonds is 1. The number of halogens is 1. The zero-order valence-electron chi connectivity index (χ0n) is 4.65. The van der Waals surface area contributed by atoms with Crippen molar-refractivity contribution in [1.82, 2.24) is 5.32 Å². The molecule has 1 atom stereocenters. The predicted molar refractivity (Wildman–Crippen MR) is 40.4 cm³/mol. The minimum absolute atomic E-state index is 0.155. The van der Waals surface area contributed by atoms with E-state index in [9.17, 15) is 0 Å². The standard InChI is InChI=1S/C5H8INO/c1-2-4-3-7-5(6)8-4/h3,5,7H,2H2,1H3. The molecule has 0 amide bonds. The SMILES string of the molecule is CCC1=CNC(I)O1. The molecule has 1 N–H and O–H groups in total. The first-order valence-corrected chi connectivity index (χ1v) is 3.83. The van der Waals surface area contributed by atoms with Crippen LogP contribution >= 0.6 is 22.6 Å². The van der Waals surface area contributed by atoms with Crippen molar-refractivity contribution in [2.24, 2.45) is 0 Å². The third-order valence-electron chi connectivity index (χ3n) is 0.979. The topological polar surface area (TPSA) is 21.3 Å². The molecule has 0 aromatic rings. The zero-order valence-corrected chi connectivity index (χ0v) is 6.81. The summed E-state index contributed by atoms with van der Waals surface area (Å²) in [4.78, 5) is 0. The van der Waals surface area contributed by atoms with E-state index in [1.165, 1.54) is 0 Å². The molecule has 0 saturated carbocycles. The van der Waals surface area contributed by atoms with Crippen molar-refractivity contribution in [2.45, 2.75) is 17.6 Å².